The summed E-state index contributed by atoms with van der Waals surface area (Å²) < 4.78 is 84.5. The summed E-state index contributed by atoms with van der Waals surface area (Å²) in [7, 11) is 0. The molecule has 1 heterocycles. The van der Waals surface area contributed by atoms with Gasteiger partial charge in [-0.2, -0.15) is 22.7 Å². The van der Waals surface area contributed by atoms with Gasteiger partial charge in [0.15, 0.2) is 0 Å². The molecule has 0 saturated heterocycles. The fraction of sp³-hybridized carbons (Fsp3) is 0.429. The molecule has 0 saturated carbocycles. The van der Waals surface area contributed by atoms with Gasteiger partial charge >= 0.3 is 19.1 Å². The van der Waals surface area contributed by atoms with Crippen molar-refractivity contribution in [2.45, 2.75) is 31.3 Å². The number of hydrogen-bond donors (Lipinski definition) is 1. The number of benzene rings is 1. The Morgan fingerprint density at radius 2 is 1.93 bits per heavy atom. The van der Waals surface area contributed by atoms with Crippen molar-refractivity contribution in [3.05, 3.63) is 41.4 Å². The fourth-order valence-electron chi connectivity index (χ4n) is 2.12. The number of aliphatic hydroxyl groups is 1. The molecule has 0 aliphatic carbocycles. The highest BCUT2D eigenvalue weighted by atomic mass is 35.5. The molecule has 1 aromatic carbocycles. The minimum absolute atomic E-state index is 0.258. The van der Waals surface area contributed by atoms with E-state index in [9.17, 15) is 31.4 Å². The van der Waals surface area contributed by atoms with Crippen molar-refractivity contribution < 1.29 is 40.9 Å². The first kappa shape index (κ1) is 21.3. The Balaban J connectivity index is 2.34. The van der Waals surface area contributed by atoms with E-state index in [1.807, 2.05) is 0 Å². The number of rotatable bonds is 9. The molecule has 0 aliphatic rings. The zero-order valence-corrected chi connectivity index (χ0v) is 14.0. The zero-order chi connectivity index (χ0) is 20.2. The van der Waals surface area contributed by atoms with E-state index in [0.717, 1.165) is 35.5 Å². The second-order valence-electron chi connectivity index (χ2n) is 5.30. The summed E-state index contributed by atoms with van der Waals surface area (Å²) in [6.07, 6.45) is -6.76. The van der Waals surface area contributed by atoms with Crippen LogP contribution in [0, 0.1) is 0 Å². The lowest BCUT2D eigenvalue weighted by molar-refractivity contribution is -0.315. The van der Waals surface area contributed by atoms with Gasteiger partial charge in [-0.15, -0.1) is 0 Å². The maximum atomic E-state index is 13.1. The van der Waals surface area contributed by atoms with E-state index in [2.05, 4.69) is 19.6 Å². The van der Waals surface area contributed by atoms with Crippen molar-refractivity contribution in [1.29, 1.82) is 0 Å². The Morgan fingerprint density at radius 3 is 2.44 bits per heavy atom. The Labute approximate surface area is 153 Å². The molecule has 0 amide bonds. The van der Waals surface area contributed by atoms with Crippen molar-refractivity contribution in [1.82, 2.24) is 14.8 Å². The van der Waals surface area contributed by atoms with E-state index >= 15 is 0 Å². The molecule has 27 heavy (non-hydrogen) atoms. The first-order chi connectivity index (χ1) is 12.5. The molecular weight excluding hydrogens is 408 g/mol. The van der Waals surface area contributed by atoms with Crippen LogP contribution < -0.4 is 4.74 Å². The van der Waals surface area contributed by atoms with Crippen LogP contribution in [0.4, 0.5) is 26.3 Å². The topological polar surface area (TPSA) is 69.4 Å². The van der Waals surface area contributed by atoms with Crippen molar-refractivity contribution in [2.24, 2.45) is 0 Å². The number of ether oxygens (including phenoxy) is 2. The molecule has 0 radical (unpaired) electrons. The summed E-state index contributed by atoms with van der Waals surface area (Å²) in [6.45, 7) is -5.01. The minimum atomic E-state index is -4.83. The van der Waals surface area contributed by atoms with Crippen molar-refractivity contribution in [2.75, 3.05) is 6.61 Å². The maximum Gasteiger partial charge on any atom is 0.416 e. The van der Waals surface area contributed by atoms with Gasteiger partial charge in [0.25, 0.3) is 0 Å². The summed E-state index contributed by atoms with van der Waals surface area (Å²) in [5.74, 6) is -0.360. The molecule has 1 atom stereocenters. The highest BCUT2D eigenvalue weighted by molar-refractivity contribution is 6.31. The van der Waals surface area contributed by atoms with Gasteiger partial charge in [-0.05, 0) is 12.1 Å². The van der Waals surface area contributed by atoms with Gasteiger partial charge in [-0.3, -0.25) is 0 Å². The van der Waals surface area contributed by atoms with E-state index in [1.165, 1.54) is 0 Å². The highest BCUT2D eigenvalue weighted by Gasteiger charge is 2.45. The largest absolute Gasteiger partial charge is 0.435 e. The van der Waals surface area contributed by atoms with Gasteiger partial charge in [0.05, 0.1) is 18.2 Å². The van der Waals surface area contributed by atoms with Gasteiger partial charge in [0, 0.05) is 5.56 Å². The van der Waals surface area contributed by atoms with Gasteiger partial charge < -0.3 is 14.6 Å². The molecule has 0 fully saturated rings. The molecule has 0 bridgehead atoms. The first-order valence-electron chi connectivity index (χ1n) is 7.13. The Bertz CT molecular complexity index is 750. The molecular formula is C14H12ClF6N3O3. The third-order valence-electron chi connectivity index (χ3n) is 3.31. The third kappa shape index (κ3) is 5.47. The highest BCUT2D eigenvalue weighted by Crippen LogP contribution is 2.35. The van der Waals surface area contributed by atoms with E-state index in [-0.39, 0.29) is 16.3 Å². The maximum absolute atomic E-state index is 13.1. The Hall–Kier alpha value is -2.05. The molecule has 2 rings (SSSR count). The van der Waals surface area contributed by atoms with Gasteiger partial charge in [0.2, 0.25) is 0 Å². The van der Waals surface area contributed by atoms with Crippen molar-refractivity contribution in [3.63, 3.8) is 0 Å². The summed E-state index contributed by atoms with van der Waals surface area (Å²) >= 11 is 5.93. The lowest BCUT2D eigenvalue weighted by Gasteiger charge is -2.31. The summed E-state index contributed by atoms with van der Waals surface area (Å²) in [6, 6.07) is 2.91. The molecule has 150 valence electrons. The van der Waals surface area contributed by atoms with Crippen LogP contribution in [-0.4, -0.2) is 45.6 Å². The number of halogens is 7. The molecule has 1 N–H and O–H groups in total. The average molecular weight is 420 g/mol. The summed E-state index contributed by atoms with van der Waals surface area (Å²) in [5.41, 5.74) is -2.63. The van der Waals surface area contributed by atoms with E-state index in [1.54, 1.807) is 0 Å². The van der Waals surface area contributed by atoms with Crippen LogP contribution in [0.2, 0.25) is 5.02 Å². The summed E-state index contributed by atoms with van der Waals surface area (Å²) in [4.78, 5) is 3.60. The quantitative estimate of drug-likeness (QED) is 0.632. The van der Waals surface area contributed by atoms with Gasteiger partial charge in [0.1, 0.15) is 24.0 Å². The summed E-state index contributed by atoms with van der Waals surface area (Å²) in [5, 5.41) is 14.1. The number of alkyl halides is 6. The standard InChI is InChI=1S/C14H12ClF6N3O3/c15-10-3-8(27-12(18)19)1-2-9(10)13(25,4-24-7-22-6-23-24)5-26-14(20,21)11(16)17/h1-3,6-7,11-12,25H,4-5H2. The van der Waals surface area contributed by atoms with Gasteiger partial charge in [-0.1, -0.05) is 17.7 Å². The number of aromatic nitrogens is 3. The Kier molecular flexibility index (Phi) is 6.54. The zero-order valence-electron chi connectivity index (χ0n) is 13.2. The van der Waals surface area contributed by atoms with E-state index in [4.69, 9.17) is 11.6 Å². The second-order valence-corrected chi connectivity index (χ2v) is 5.70. The van der Waals surface area contributed by atoms with Gasteiger partial charge in [-0.25, -0.2) is 18.4 Å². The third-order valence-corrected chi connectivity index (χ3v) is 3.63. The number of hydrogen-bond acceptors (Lipinski definition) is 5. The predicted octanol–water partition coefficient (Wildman–Crippen LogP) is 3.30. The normalized spacial score (nSPS) is 14.6. The lowest BCUT2D eigenvalue weighted by atomic mass is 9.94. The molecule has 0 spiro atoms. The van der Waals surface area contributed by atoms with Crippen LogP contribution in [0.3, 0.4) is 0 Å². The SMILES string of the molecule is OC(COC(F)(F)C(F)F)(Cn1cncn1)c1ccc(OC(F)F)cc1Cl. The minimum Gasteiger partial charge on any atom is -0.435 e. The molecule has 0 aliphatic heterocycles. The first-order valence-corrected chi connectivity index (χ1v) is 7.51. The smallest absolute Gasteiger partial charge is 0.416 e. The van der Waals surface area contributed by atoms with Crippen LogP contribution >= 0.6 is 11.6 Å². The van der Waals surface area contributed by atoms with E-state index in [0.29, 0.717) is 0 Å². The number of nitrogens with zero attached hydrogens (tertiary/aromatic N) is 3. The van der Waals surface area contributed by atoms with Crippen LogP contribution in [0.15, 0.2) is 30.9 Å². The molecule has 1 aromatic heterocycles. The van der Waals surface area contributed by atoms with Crippen LogP contribution in [0.25, 0.3) is 0 Å². The molecule has 1 unspecified atom stereocenters. The van der Waals surface area contributed by atoms with Crippen molar-refractivity contribution >= 4 is 11.6 Å². The predicted molar refractivity (Wildman–Crippen MR) is 78.9 cm³/mol. The fourth-order valence-corrected chi connectivity index (χ4v) is 2.47. The Morgan fingerprint density at radius 1 is 1.22 bits per heavy atom. The van der Waals surface area contributed by atoms with Crippen LogP contribution in [0.5, 0.6) is 5.75 Å². The molecule has 6 nitrogen and oxygen atoms in total. The lowest BCUT2D eigenvalue weighted by Crippen LogP contribution is -2.42. The van der Waals surface area contributed by atoms with E-state index < -0.39 is 37.9 Å². The second kappa shape index (κ2) is 8.31. The van der Waals surface area contributed by atoms with Crippen LogP contribution in [0.1, 0.15) is 5.56 Å². The van der Waals surface area contributed by atoms with Crippen molar-refractivity contribution in [3.8, 4) is 5.75 Å². The molecule has 13 heteroatoms. The van der Waals surface area contributed by atoms with Crippen LogP contribution in [-0.2, 0) is 16.9 Å². The average Bonchev–Trinajstić information content (AvgIpc) is 3.05. The molecule has 2 aromatic rings. The monoisotopic (exact) mass is 419 g/mol.